The smallest absolute Gasteiger partial charge is 0.358 e. The molecule has 2 aromatic rings. The van der Waals surface area contributed by atoms with Crippen LogP contribution in [0.25, 0.3) is 0 Å². The minimum Gasteiger partial charge on any atom is -0.461 e. The molecular formula is C21H31N5O5S2. The van der Waals surface area contributed by atoms with E-state index in [-0.39, 0.29) is 48.8 Å². The van der Waals surface area contributed by atoms with Crippen LogP contribution in [0.5, 0.6) is 0 Å². The van der Waals surface area contributed by atoms with Gasteiger partial charge in [0, 0.05) is 25.5 Å². The highest BCUT2D eigenvalue weighted by Crippen LogP contribution is 2.31. The first kappa shape index (κ1) is 26.8. The van der Waals surface area contributed by atoms with Crippen molar-refractivity contribution in [3.8, 4) is 0 Å². The number of rotatable bonds is 11. The van der Waals surface area contributed by atoms with Gasteiger partial charge in [-0.25, -0.2) is 14.8 Å². The number of methoxy groups -OCH3 is 1. The van der Waals surface area contributed by atoms with Gasteiger partial charge in [-0.3, -0.25) is 9.59 Å². The van der Waals surface area contributed by atoms with Crippen molar-refractivity contribution in [1.82, 2.24) is 20.6 Å². The molecule has 0 saturated heterocycles. The van der Waals surface area contributed by atoms with E-state index >= 15 is 0 Å². The maximum Gasteiger partial charge on any atom is 0.358 e. The topological polar surface area (TPSA) is 146 Å². The predicted octanol–water partition coefficient (Wildman–Crippen LogP) is 2.49. The lowest BCUT2D eigenvalue weighted by atomic mass is 10.0. The molecule has 0 aromatic carbocycles. The average Bonchev–Trinajstić information content (AvgIpc) is 3.35. The fourth-order valence-electron chi connectivity index (χ4n) is 2.99. The van der Waals surface area contributed by atoms with Crippen molar-refractivity contribution >= 4 is 40.5 Å². The Kier molecular flexibility index (Phi) is 9.89. The van der Waals surface area contributed by atoms with E-state index in [1.54, 1.807) is 13.8 Å². The molecule has 2 amide bonds. The summed E-state index contributed by atoms with van der Waals surface area (Å²) in [6, 6.07) is -1.05. The molecule has 0 saturated carbocycles. The zero-order valence-corrected chi connectivity index (χ0v) is 21.3. The monoisotopic (exact) mass is 497 g/mol. The Morgan fingerprint density at radius 2 is 1.79 bits per heavy atom. The number of hydrogen-bond acceptors (Lipinski definition) is 10. The number of carbonyl (C=O) groups is 3. The molecule has 0 aliphatic carbocycles. The zero-order valence-electron chi connectivity index (χ0n) is 19.7. The second-order valence-corrected chi connectivity index (χ2v) is 9.96. The molecule has 33 heavy (non-hydrogen) atoms. The van der Waals surface area contributed by atoms with E-state index in [0.717, 1.165) is 0 Å². The van der Waals surface area contributed by atoms with Crippen molar-refractivity contribution in [2.75, 3.05) is 20.8 Å². The van der Waals surface area contributed by atoms with E-state index in [1.165, 1.54) is 36.8 Å². The van der Waals surface area contributed by atoms with Gasteiger partial charge in [-0.15, -0.1) is 22.7 Å². The fourth-order valence-corrected chi connectivity index (χ4v) is 5.16. The molecule has 2 aromatic heterocycles. The van der Waals surface area contributed by atoms with Gasteiger partial charge in [0.05, 0.1) is 30.2 Å². The summed E-state index contributed by atoms with van der Waals surface area (Å²) in [6.07, 6.45) is 0.0805. The van der Waals surface area contributed by atoms with Crippen molar-refractivity contribution in [1.29, 1.82) is 0 Å². The molecule has 10 nitrogen and oxygen atoms in total. The van der Waals surface area contributed by atoms with Crippen LogP contribution in [-0.2, 0) is 20.9 Å². The van der Waals surface area contributed by atoms with Crippen LogP contribution < -0.4 is 16.4 Å². The van der Waals surface area contributed by atoms with Crippen molar-refractivity contribution in [2.45, 2.75) is 52.8 Å². The second-order valence-electron chi connectivity index (χ2n) is 7.61. The minimum absolute atomic E-state index is 0.0144. The Morgan fingerprint density at radius 1 is 1.12 bits per heavy atom. The lowest BCUT2D eigenvalue weighted by molar-refractivity contribution is -0.120. The number of aromatic nitrogens is 2. The van der Waals surface area contributed by atoms with Crippen molar-refractivity contribution in [3.05, 3.63) is 31.2 Å². The molecule has 2 atom stereocenters. The fraction of sp³-hybridized carbons (Fsp3) is 0.571. The lowest BCUT2D eigenvalue weighted by Gasteiger charge is -2.20. The number of esters is 1. The molecule has 0 unspecified atom stereocenters. The van der Waals surface area contributed by atoms with Gasteiger partial charge in [-0.05, 0) is 19.8 Å². The summed E-state index contributed by atoms with van der Waals surface area (Å²) in [4.78, 5) is 47.3. The number of thiazole rings is 2. The molecule has 0 bridgehead atoms. The first-order valence-corrected chi connectivity index (χ1v) is 12.2. The first-order valence-electron chi connectivity index (χ1n) is 10.5. The number of hydrogen-bond donors (Lipinski definition) is 3. The highest BCUT2D eigenvalue weighted by Gasteiger charge is 2.29. The molecule has 182 valence electrons. The third-order valence-corrected chi connectivity index (χ3v) is 6.92. The van der Waals surface area contributed by atoms with Crippen LogP contribution in [0.1, 0.15) is 80.0 Å². The molecule has 2 rings (SSSR count). The van der Waals surface area contributed by atoms with Gasteiger partial charge < -0.3 is 25.8 Å². The predicted molar refractivity (Wildman–Crippen MR) is 126 cm³/mol. The Labute approximate surface area is 201 Å². The van der Waals surface area contributed by atoms with Crippen LogP contribution in [0.15, 0.2) is 0 Å². The van der Waals surface area contributed by atoms with Gasteiger partial charge >= 0.3 is 5.97 Å². The summed E-state index contributed by atoms with van der Waals surface area (Å²) in [5.41, 5.74) is 6.54. The van der Waals surface area contributed by atoms with Crippen LogP contribution >= 0.6 is 22.7 Å². The van der Waals surface area contributed by atoms with Gasteiger partial charge in [0.25, 0.3) is 5.91 Å². The van der Waals surface area contributed by atoms with Crippen molar-refractivity contribution < 1.29 is 23.9 Å². The molecule has 0 fully saturated rings. The van der Waals surface area contributed by atoms with E-state index in [9.17, 15) is 14.4 Å². The van der Waals surface area contributed by atoms with Crippen LogP contribution in [-0.4, -0.2) is 48.5 Å². The molecular weight excluding hydrogens is 466 g/mol. The number of aryl methyl sites for hydroxylation is 1. The number of carbonyl (C=O) groups excluding carboxylic acids is 3. The zero-order chi connectivity index (χ0) is 24.7. The van der Waals surface area contributed by atoms with Crippen LogP contribution in [0.3, 0.4) is 0 Å². The SMILES string of the molecule is CCOC(=O)c1nc([C@@H](NC(=O)c2nc([C@@H](N)CC(=O)NC)sc2C)C(C)C)sc1COC. The van der Waals surface area contributed by atoms with Crippen LogP contribution in [0.2, 0.25) is 0 Å². The number of amides is 2. The molecule has 0 spiro atoms. The Morgan fingerprint density at radius 3 is 2.36 bits per heavy atom. The molecule has 0 aliphatic heterocycles. The van der Waals surface area contributed by atoms with Crippen LogP contribution in [0.4, 0.5) is 0 Å². The normalized spacial score (nSPS) is 13.0. The maximum absolute atomic E-state index is 13.1. The third kappa shape index (κ3) is 6.79. The summed E-state index contributed by atoms with van der Waals surface area (Å²) in [5, 5.41) is 6.62. The summed E-state index contributed by atoms with van der Waals surface area (Å²) in [7, 11) is 3.07. The number of nitrogens with zero attached hydrogens (tertiary/aromatic N) is 2. The highest BCUT2D eigenvalue weighted by molar-refractivity contribution is 7.12. The van der Waals surface area contributed by atoms with Crippen molar-refractivity contribution in [2.24, 2.45) is 11.7 Å². The van der Waals surface area contributed by atoms with E-state index in [0.29, 0.717) is 19.8 Å². The van der Waals surface area contributed by atoms with E-state index in [4.69, 9.17) is 15.2 Å². The van der Waals surface area contributed by atoms with E-state index in [1.807, 2.05) is 13.8 Å². The highest BCUT2D eigenvalue weighted by atomic mass is 32.1. The molecule has 0 aliphatic rings. The quantitative estimate of drug-likeness (QED) is 0.402. The lowest BCUT2D eigenvalue weighted by Crippen LogP contribution is -2.32. The largest absolute Gasteiger partial charge is 0.461 e. The van der Waals surface area contributed by atoms with Gasteiger partial charge in [0.2, 0.25) is 5.91 Å². The second kappa shape index (κ2) is 12.2. The number of nitrogens with two attached hydrogens (primary N) is 1. The Bertz CT molecular complexity index is 988. The molecule has 2 heterocycles. The first-order chi connectivity index (χ1) is 15.6. The third-order valence-electron chi connectivity index (χ3n) is 4.71. The summed E-state index contributed by atoms with van der Waals surface area (Å²) < 4.78 is 10.3. The van der Waals surface area contributed by atoms with Gasteiger partial charge in [0.1, 0.15) is 15.7 Å². The van der Waals surface area contributed by atoms with Crippen LogP contribution in [0, 0.1) is 12.8 Å². The van der Waals surface area contributed by atoms with E-state index < -0.39 is 18.1 Å². The number of ether oxygens (including phenoxy) is 2. The Balaban J connectivity index is 2.28. The minimum atomic E-state index is -0.598. The van der Waals surface area contributed by atoms with Crippen molar-refractivity contribution in [3.63, 3.8) is 0 Å². The summed E-state index contributed by atoms with van der Waals surface area (Å²) in [5.74, 6) is -1.11. The van der Waals surface area contributed by atoms with E-state index in [2.05, 4.69) is 20.6 Å². The average molecular weight is 498 g/mol. The summed E-state index contributed by atoms with van der Waals surface area (Å²) in [6.45, 7) is 7.85. The number of nitrogens with one attached hydrogen (secondary N) is 2. The molecule has 4 N–H and O–H groups in total. The Hall–Kier alpha value is -2.41. The van der Waals surface area contributed by atoms with Gasteiger partial charge in [0.15, 0.2) is 5.69 Å². The standard InChI is InChI=1S/C21H31N5O5S2/c1-7-31-21(29)17-13(9-30-6)33-20(26-17)15(10(2)3)24-18(28)16-11(4)32-19(25-16)12(22)8-14(27)23-5/h10,12,15H,7-9,22H2,1-6H3,(H,23,27)(H,24,28)/t12-,15-/m0/s1. The van der Waals surface area contributed by atoms with Gasteiger partial charge in [-0.2, -0.15) is 0 Å². The molecule has 0 radical (unpaired) electrons. The maximum atomic E-state index is 13.1. The van der Waals surface area contributed by atoms with Gasteiger partial charge in [-0.1, -0.05) is 13.8 Å². The molecule has 12 heteroatoms. The summed E-state index contributed by atoms with van der Waals surface area (Å²) >= 11 is 2.59.